The summed E-state index contributed by atoms with van der Waals surface area (Å²) in [5, 5.41) is 14.0. The van der Waals surface area contributed by atoms with Crippen molar-refractivity contribution in [1.29, 1.82) is 0 Å². The molecular weight excluding hydrogens is 672 g/mol. The number of imide groups is 2. The van der Waals surface area contributed by atoms with Gasteiger partial charge in [0.1, 0.15) is 5.75 Å². The highest BCUT2D eigenvalue weighted by atomic mass is 35.5. The number of fused-ring (bicyclic) bond motifs is 5. The summed E-state index contributed by atoms with van der Waals surface area (Å²) >= 11 is 6.43. The van der Waals surface area contributed by atoms with Crippen LogP contribution in [0.2, 0.25) is 5.02 Å². The highest BCUT2D eigenvalue weighted by Gasteiger charge is 2.70. The third-order valence-corrected chi connectivity index (χ3v) is 12.2. The van der Waals surface area contributed by atoms with Crippen LogP contribution in [-0.4, -0.2) is 28.7 Å². The van der Waals surface area contributed by atoms with Crippen molar-refractivity contribution in [2.45, 2.75) is 37.5 Å². The number of aromatic hydroxyl groups is 1. The lowest BCUT2D eigenvalue weighted by molar-refractivity contribution is -0.127. The molecule has 0 aromatic heterocycles. The first-order chi connectivity index (χ1) is 25.2. The normalized spacial score (nSPS) is 26.7. The van der Waals surface area contributed by atoms with Gasteiger partial charge in [0.05, 0.1) is 34.5 Å². The lowest BCUT2D eigenvalue weighted by Crippen LogP contribution is -2.53. The number of allylic oxidation sites excluding steroid dienone is 2. The molecule has 2 saturated heterocycles. The van der Waals surface area contributed by atoms with Gasteiger partial charge in [-0.3, -0.25) is 24.1 Å². The standard InChI is InChI=1S/C44H35ClN2O5/c1-2-25-15-18-29(19-16-25)46-40(49)33-22-21-32-35(37(33)42(46)51)24-36-41(50)47(30-13-8-12-28(45)23-30)43(52)44(36,27-10-4-3-5-11-27)38(32)34-20-17-26-9-6-7-14-31(26)39(34)48/h3-21,23,33,35-38,48H,2,22,24H2,1H3. The van der Waals surface area contributed by atoms with Gasteiger partial charge < -0.3 is 5.11 Å². The molecule has 2 heterocycles. The zero-order chi connectivity index (χ0) is 35.9. The summed E-state index contributed by atoms with van der Waals surface area (Å²) in [6.45, 7) is 2.05. The number of phenolic OH excluding ortho intramolecular Hbond substituents is 1. The number of nitrogens with zero attached hydrogens (tertiary/aromatic N) is 2. The van der Waals surface area contributed by atoms with Crippen molar-refractivity contribution < 1.29 is 24.3 Å². The SMILES string of the molecule is CCc1ccc(N2C(=O)C3CC=C4C(CC5C(=O)N(c6cccc(Cl)c6)C(=O)C5(c5ccccc5)C4c4ccc5ccccc5c4O)C3C2=O)cc1. The zero-order valence-corrected chi connectivity index (χ0v) is 29.2. The van der Waals surface area contributed by atoms with Gasteiger partial charge >= 0.3 is 0 Å². The highest BCUT2D eigenvalue weighted by Crippen LogP contribution is 2.65. The average Bonchev–Trinajstić information content (AvgIpc) is 3.56. The molecule has 2 aliphatic heterocycles. The van der Waals surface area contributed by atoms with Gasteiger partial charge in [-0.25, -0.2) is 4.90 Å². The topological polar surface area (TPSA) is 95.0 Å². The second-order valence-corrected chi connectivity index (χ2v) is 14.8. The molecule has 6 atom stereocenters. The van der Waals surface area contributed by atoms with E-state index in [1.807, 2.05) is 104 Å². The maximum Gasteiger partial charge on any atom is 0.246 e. The lowest BCUT2D eigenvalue weighted by atomic mass is 9.49. The quantitative estimate of drug-likeness (QED) is 0.147. The summed E-state index contributed by atoms with van der Waals surface area (Å²) in [6.07, 6.45) is 3.32. The first kappa shape index (κ1) is 32.4. The Balaban J connectivity index is 1.28. The monoisotopic (exact) mass is 706 g/mol. The van der Waals surface area contributed by atoms with Gasteiger partial charge in [0.15, 0.2) is 0 Å². The van der Waals surface area contributed by atoms with Crippen LogP contribution >= 0.6 is 11.6 Å². The molecule has 4 aliphatic rings. The van der Waals surface area contributed by atoms with Crippen molar-refractivity contribution in [3.8, 4) is 5.75 Å². The molecule has 4 amide bonds. The Morgan fingerprint density at radius 1 is 0.750 bits per heavy atom. The van der Waals surface area contributed by atoms with Crippen LogP contribution in [0.3, 0.4) is 0 Å². The Hall–Kier alpha value is -5.53. The number of aryl methyl sites for hydroxylation is 1. The van der Waals surface area contributed by atoms with Gasteiger partial charge in [-0.05, 0) is 72.0 Å². The second-order valence-electron chi connectivity index (χ2n) is 14.4. The molecule has 6 unspecified atom stereocenters. The molecular formula is C44H35ClN2O5. The van der Waals surface area contributed by atoms with E-state index in [2.05, 4.69) is 0 Å². The fourth-order valence-corrected chi connectivity index (χ4v) is 9.91. The number of anilines is 2. The molecule has 0 bridgehead atoms. The number of amides is 4. The Bertz CT molecular complexity index is 2350. The first-order valence-corrected chi connectivity index (χ1v) is 18.2. The van der Waals surface area contributed by atoms with E-state index in [4.69, 9.17) is 11.6 Å². The van der Waals surface area contributed by atoms with Crippen molar-refractivity contribution >= 4 is 57.4 Å². The maximum absolute atomic E-state index is 15.5. The van der Waals surface area contributed by atoms with E-state index >= 15 is 4.79 Å². The van der Waals surface area contributed by atoms with Crippen LogP contribution in [0.5, 0.6) is 5.75 Å². The van der Waals surface area contributed by atoms with Gasteiger partial charge in [0.2, 0.25) is 23.6 Å². The summed E-state index contributed by atoms with van der Waals surface area (Å²) < 4.78 is 0. The number of rotatable bonds is 5. The minimum absolute atomic E-state index is 0.0220. The number of carbonyl (C=O) groups is 4. The highest BCUT2D eigenvalue weighted by molar-refractivity contribution is 6.32. The smallest absolute Gasteiger partial charge is 0.246 e. The third kappa shape index (κ3) is 4.45. The molecule has 9 rings (SSSR count). The van der Waals surface area contributed by atoms with Crippen LogP contribution in [0, 0.1) is 23.7 Å². The van der Waals surface area contributed by atoms with Gasteiger partial charge in [-0.1, -0.05) is 115 Å². The summed E-state index contributed by atoms with van der Waals surface area (Å²) in [7, 11) is 0. The first-order valence-electron chi connectivity index (χ1n) is 17.8. The number of halogens is 1. The fraction of sp³-hybridized carbons (Fsp3) is 0.227. The third-order valence-electron chi connectivity index (χ3n) is 12.0. The fourth-order valence-electron chi connectivity index (χ4n) is 9.73. The molecule has 7 nitrogen and oxygen atoms in total. The largest absolute Gasteiger partial charge is 0.507 e. The molecule has 1 N–H and O–H groups in total. The second kappa shape index (κ2) is 12.0. The molecule has 0 spiro atoms. The average molecular weight is 707 g/mol. The van der Waals surface area contributed by atoms with Crippen molar-refractivity contribution in [3.05, 3.63) is 149 Å². The zero-order valence-electron chi connectivity index (χ0n) is 28.4. The summed E-state index contributed by atoms with van der Waals surface area (Å²) in [5.74, 6) is -4.98. The van der Waals surface area contributed by atoms with Crippen LogP contribution < -0.4 is 9.80 Å². The van der Waals surface area contributed by atoms with E-state index in [9.17, 15) is 19.5 Å². The van der Waals surface area contributed by atoms with Crippen LogP contribution in [0.1, 0.15) is 42.4 Å². The van der Waals surface area contributed by atoms with E-state index < -0.39 is 46.8 Å². The summed E-state index contributed by atoms with van der Waals surface area (Å²) in [5.41, 5.74) is 2.45. The molecule has 3 fully saturated rings. The van der Waals surface area contributed by atoms with E-state index in [0.29, 0.717) is 39.3 Å². The molecule has 1 saturated carbocycles. The van der Waals surface area contributed by atoms with Crippen LogP contribution in [0.15, 0.2) is 127 Å². The van der Waals surface area contributed by atoms with E-state index in [-0.39, 0.29) is 24.0 Å². The van der Waals surface area contributed by atoms with Crippen molar-refractivity contribution in [2.24, 2.45) is 23.7 Å². The Morgan fingerprint density at radius 2 is 1.50 bits per heavy atom. The number of carbonyl (C=O) groups excluding carboxylic acids is 4. The van der Waals surface area contributed by atoms with Crippen LogP contribution in [0.25, 0.3) is 10.8 Å². The molecule has 0 radical (unpaired) electrons. The summed E-state index contributed by atoms with van der Waals surface area (Å²) in [6, 6.07) is 34.8. The molecule has 258 valence electrons. The number of benzene rings is 5. The molecule has 52 heavy (non-hydrogen) atoms. The predicted octanol–water partition coefficient (Wildman–Crippen LogP) is 8.13. The van der Waals surface area contributed by atoms with Gasteiger partial charge in [0.25, 0.3) is 0 Å². The Kier molecular flexibility index (Phi) is 7.49. The molecule has 8 heteroatoms. The Morgan fingerprint density at radius 3 is 2.25 bits per heavy atom. The van der Waals surface area contributed by atoms with Crippen LogP contribution in [0.4, 0.5) is 11.4 Å². The van der Waals surface area contributed by atoms with Gasteiger partial charge in [-0.2, -0.15) is 0 Å². The maximum atomic E-state index is 15.5. The van der Waals surface area contributed by atoms with Crippen molar-refractivity contribution in [2.75, 3.05) is 9.80 Å². The molecule has 2 aliphatic carbocycles. The van der Waals surface area contributed by atoms with E-state index in [0.717, 1.165) is 22.9 Å². The number of hydrogen-bond donors (Lipinski definition) is 1. The van der Waals surface area contributed by atoms with Crippen molar-refractivity contribution in [1.82, 2.24) is 0 Å². The predicted molar refractivity (Wildman–Crippen MR) is 200 cm³/mol. The van der Waals surface area contributed by atoms with Gasteiger partial charge in [0, 0.05) is 21.9 Å². The number of phenols is 1. The van der Waals surface area contributed by atoms with Crippen LogP contribution in [-0.2, 0) is 31.0 Å². The van der Waals surface area contributed by atoms with E-state index in [1.165, 1.54) is 9.80 Å². The summed E-state index contributed by atoms with van der Waals surface area (Å²) in [4.78, 5) is 61.8. The van der Waals surface area contributed by atoms with Crippen molar-refractivity contribution in [3.63, 3.8) is 0 Å². The minimum atomic E-state index is -1.48. The Labute approximate surface area is 306 Å². The minimum Gasteiger partial charge on any atom is -0.507 e. The molecule has 5 aromatic carbocycles. The van der Waals surface area contributed by atoms with E-state index in [1.54, 1.807) is 24.3 Å². The number of hydrogen-bond acceptors (Lipinski definition) is 5. The lowest BCUT2D eigenvalue weighted by Gasteiger charge is -2.50. The van der Waals surface area contributed by atoms with Gasteiger partial charge in [-0.15, -0.1) is 0 Å². The molecule has 5 aromatic rings.